The van der Waals surface area contributed by atoms with E-state index in [1.807, 2.05) is 13.8 Å². The molecule has 0 fully saturated rings. The van der Waals surface area contributed by atoms with Crippen LogP contribution in [0.4, 0.5) is 0 Å². The number of Topliss-reactive ketones (excluding diaryl/α,β-unsaturated/α-hetero) is 1. The molecule has 0 radical (unpaired) electrons. The topological polar surface area (TPSA) is 68.9 Å². The molecule has 6 heteroatoms. The van der Waals surface area contributed by atoms with Crippen LogP contribution < -0.4 is 0 Å². The fourth-order valence-corrected chi connectivity index (χ4v) is 1.53. The Morgan fingerprint density at radius 3 is 2.94 bits per heavy atom. The lowest BCUT2D eigenvalue weighted by atomic mass is 10.1. The Labute approximate surface area is 109 Å². The molecule has 2 heterocycles. The Bertz CT molecular complexity index is 566. The summed E-state index contributed by atoms with van der Waals surface area (Å²) in [5.41, 5.74) is 0.450. The first-order valence-corrected chi connectivity index (χ1v) is 5.92. The van der Waals surface area contributed by atoms with E-state index in [0.29, 0.717) is 16.5 Å². The van der Waals surface area contributed by atoms with Crippen LogP contribution in [0.2, 0.25) is 5.02 Å². The van der Waals surface area contributed by atoms with Gasteiger partial charge in [0.2, 0.25) is 11.7 Å². The van der Waals surface area contributed by atoms with Crippen LogP contribution in [0, 0.1) is 5.92 Å². The van der Waals surface area contributed by atoms with Crippen molar-refractivity contribution in [1.29, 1.82) is 0 Å². The molecule has 18 heavy (non-hydrogen) atoms. The van der Waals surface area contributed by atoms with Crippen LogP contribution in [0.5, 0.6) is 0 Å². The summed E-state index contributed by atoms with van der Waals surface area (Å²) >= 11 is 5.97. The molecule has 0 saturated carbocycles. The number of hydrogen-bond donors (Lipinski definition) is 0. The SMILES string of the molecule is CC(C)C(=O)Cc1nc(-c2ncccc2Cl)no1. The summed E-state index contributed by atoms with van der Waals surface area (Å²) in [5, 5.41) is 4.22. The number of halogens is 1. The third kappa shape index (κ3) is 2.73. The highest BCUT2D eigenvalue weighted by Crippen LogP contribution is 2.22. The third-order valence-corrected chi connectivity index (χ3v) is 2.71. The van der Waals surface area contributed by atoms with Crippen molar-refractivity contribution in [3.8, 4) is 11.5 Å². The van der Waals surface area contributed by atoms with Crippen molar-refractivity contribution < 1.29 is 9.32 Å². The van der Waals surface area contributed by atoms with E-state index >= 15 is 0 Å². The first-order chi connectivity index (χ1) is 8.58. The van der Waals surface area contributed by atoms with E-state index in [1.54, 1.807) is 18.3 Å². The molecule has 0 aliphatic carbocycles. The number of ketones is 1. The number of rotatable bonds is 4. The molecule has 2 aromatic rings. The lowest BCUT2D eigenvalue weighted by molar-refractivity contribution is -0.121. The fourth-order valence-electron chi connectivity index (χ4n) is 1.33. The zero-order chi connectivity index (χ0) is 13.1. The van der Waals surface area contributed by atoms with Gasteiger partial charge in [0.1, 0.15) is 11.5 Å². The second kappa shape index (κ2) is 5.27. The zero-order valence-corrected chi connectivity index (χ0v) is 10.8. The zero-order valence-electron chi connectivity index (χ0n) is 10.1. The van der Waals surface area contributed by atoms with Gasteiger partial charge in [-0.2, -0.15) is 4.98 Å². The molecule has 5 nitrogen and oxygen atoms in total. The molecule has 0 aliphatic heterocycles. The normalized spacial score (nSPS) is 10.9. The lowest BCUT2D eigenvalue weighted by Gasteiger charge is -1.98. The average molecular weight is 266 g/mol. The predicted octanol–water partition coefficient (Wildman–Crippen LogP) is 2.55. The van der Waals surface area contributed by atoms with E-state index in [4.69, 9.17) is 16.1 Å². The van der Waals surface area contributed by atoms with E-state index in [9.17, 15) is 4.79 Å². The van der Waals surface area contributed by atoms with Crippen molar-refractivity contribution in [3.63, 3.8) is 0 Å². The summed E-state index contributed by atoms with van der Waals surface area (Å²) in [6.07, 6.45) is 1.73. The van der Waals surface area contributed by atoms with Gasteiger partial charge in [-0.3, -0.25) is 9.78 Å². The Morgan fingerprint density at radius 1 is 1.50 bits per heavy atom. The summed E-state index contributed by atoms with van der Waals surface area (Å²) in [6, 6.07) is 3.41. The fraction of sp³-hybridized carbons (Fsp3) is 0.333. The van der Waals surface area contributed by atoms with E-state index in [0.717, 1.165) is 0 Å². The number of nitrogens with zero attached hydrogens (tertiary/aromatic N) is 3. The second-order valence-corrected chi connectivity index (χ2v) is 4.55. The standard InChI is InChI=1S/C12H12ClN3O2/c1-7(2)9(17)6-10-15-12(16-18-10)11-8(13)4-3-5-14-11/h3-5,7H,6H2,1-2H3. The maximum atomic E-state index is 11.6. The molecular weight excluding hydrogens is 254 g/mol. The average Bonchev–Trinajstić information content (AvgIpc) is 2.77. The molecule has 94 valence electrons. The van der Waals surface area contributed by atoms with Gasteiger partial charge in [-0.15, -0.1) is 0 Å². The number of carbonyl (C=O) groups is 1. The summed E-state index contributed by atoms with van der Waals surface area (Å²) in [5.74, 6) is 0.577. The monoisotopic (exact) mass is 265 g/mol. The van der Waals surface area contributed by atoms with Gasteiger partial charge in [0.25, 0.3) is 0 Å². The van der Waals surface area contributed by atoms with Crippen molar-refractivity contribution >= 4 is 17.4 Å². The largest absolute Gasteiger partial charge is 0.338 e. The first kappa shape index (κ1) is 12.7. The first-order valence-electron chi connectivity index (χ1n) is 5.54. The van der Waals surface area contributed by atoms with Gasteiger partial charge >= 0.3 is 0 Å². The van der Waals surface area contributed by atoms with E-state index in [2.05, 4.69) is 15.1 Å². The summed E-state index contributed by atoms with van der Waals surface area (Å²) in [4.78, 5) is 19.7. The maximum absolute atomic E-state index is 11.6. The van der Waals surface area contributed by atoms with Gasteiger partial charge in [0, 0.05) is 12.1 Å². The van der Waals surface area contributed by atoms with Gasteiger partial charge < -0.3 is 4.52 Å². The molecule has 0 spiro atoms. The molecule has 0 amide bonds. The minimum absolute atomic E-state index is 0.0531. The molecule has 0 N–H and O–H groups in total. The van der Waals surface area contributed by atoms with Crippen LogP contribution in [-0.2, 0) is 11.2 Å². The molecule has 0 unspecified atom stereocenters. The molecule has 0 bridgehead atoms. The van der Waals surface area contributed by atoms with Gasteiger partial charge in [0.05, 0.1) is 11.4 Å². The van der Waals surface area contributed by atoms with Crippen molar-refractivity contribution in [3.05, 3.63) is 29.2 Å². The van der Waals surface area contributed by atoms with E-state index < -0.39 is 0 Å². The molecule has 0 aromatic carbocycles. The molecule has 2 aromatic heterocycles. The predicted molar refractivity (Wildman–Crippen MR) is 66.1 cm³/mol. The summed E-state index contributed by atoms with van der Waals surface area (Å²) in [7, 11) is 0. The smallest absolute Gasteiger partial charge is 0.234 e. The van der Waals surface area contributed by atoms with Gasteiger partial charge in [-0.25, -0.2) is 0 Å². The summed E-state index contributed by atoms with van der Waals surface area (Å²) in [6.45, 7) is 3.66. The van der Waals surface area contributed by atoms with Crippen molar-refractivity contribution in [2.45, 2.75) is 20.3 Å². The highest BCUT2D eigenvalue weighted by atomic mass is 35.5. The number of pyridine rings is 1. The van der Waals surface area contributed by atoms with Gasteiger partial charge in [-0.1, -0.05) is 30.6 Å². The van der Waals surface area contributed by atoms with Crippen LogP contribution in [0.25, 0.3) is 11.5 Å². The Morgan fingerprint density at radius 2 is 2.28 bits per heavy atom. The van der Waals surface area contributed by atoms with Crippen LogP contribution >= 0.6 is 11.6 Å². The molecule has 2 rings (SSSR count). The quantitative estimate of drug-likeness (QED) is 0.850. The Kier molecular flexibility index (Phi) is 3.72. The minimum atomic E-state index is -0.0567. The maximum Gasteiger partial charge on any atom is 0.234 e. The lowest BCUT2D eigenvalue weighted by Crippen LogP contribution is -2.10. The summed E-state index contributed by atoms with van der Waals surface area (Å²) < 4.78 is 5.01. The second-order valence-electron chi connectivity index (χ2n) is 4.14. The number of hydrogen-bond acceptors (Lipinski definition) is 5. The van der Waals surface area contributed by atoms with Crippen molar-refractivity contribution in [2.75, 3.05) is 0 Å². The van der Waals surface area contributed by atoms with Gasteiger partial charge in [0.15, 0.2) is 0 Å². The molecular formula is C12H12ClN3O2. The number of carbonyl (C=O) groups excluding carboxylic acids is 1. The van der Waals surface area contributed by atoms with Crippen LogP contribution in [0.15, 0.2) is 22.9 Å². The minimum Gasteiger partial charge on any atom is -0.338 e. The highest BCUT2D eigenvalue weighted by molar-refractivity contribution is 6.32. The van der Waals surface area contributed by atoms with Crippen LogP contribution in [-0.4, -0.2) is 20.9 Å². The number of aromatic nitrogens is 3. The molecule has 0 aliphatic rings. The molecule has 0 atom stereocenters. The Hall–Kier alpha value is -1.75. The highest BCUT2D eigenvalue weighted by Gasteiger charge is 2.16. The van der Waals surface area contributed by atoms with E-state index in [1.165, 1.54) is 0 Å². The van der Waals surface area contributed by atoms with Crippen LogP contribution in [0.1, 0.15) is 19.7 Å². The van der Waals surface area contributed by atoms with Crippen molar-refractivity contribution in [1.82, 2.24) is 15.1 Å². The Balaban J connectivity index is 2.21. The van der Waals surface area contributed by atoms with Crippen molar-refractivity contribution in [2.24, 2.45) is 5.92 Å². The van der Waals surface area contributed by atoms with Crippen LogP contribution in [0.3, 0.4) is 0 Å². The van der Waals surface area contributed by atoms with Gasteiger partial charge in [-0.05, 0) is 12.1 Å². The molecule has 0 saturated heterocycles. The van der Waals surface area contributed by atoms with E-state index in [-0.39, 0.29) is 24.0 Å². The third-order valence-electron chi connectivity index (χ3n) is 2.41.